The first kappa shape index (κ1) is 15.3. The molecule has 1 atom stereocenters. The predicted molar refractivity (Wildman–Crippen MR) is 83.1 cm³/mol. The highest BCUT2D eigenvalue weighted by Crippen LogP contribution is 2.25. The summed E-state index contributed by atoms with van der Waals surface area (Å²) < 4.78 is 5.69. The van der Waals surface area contributed by atoms with Gasteiger partial charge >= 0.3 is 0 Å². The highest BCUT2D eigenvalue weighted by atomic mass is 16.5. The maximum absolute atomic E-state index is 10.7. The third kappa shape index (κ3) is 3.92. The number of benzene rings is 2. The van der Waals surface area contributed by atoms with Crippen molar-refractivity contribution in [1.29, 1.82) is 0 Å². The van der Waals surface area contributed by atoms with E-state index in [0.29, 0.717) is 0 Å². The number of nitrogens with zero attached hydrogens (tertiary/aromatic N) is 2. The van der Waals surface area contributed by atoms with Crippen LogP contribution >= 0.6 is 0 Å². The minimum Gasteiger partial charge on any atom is -0.490 e. The van der Waals surface area contributed by atoms with Crippen molar-refractivity contribution in [3.63, 3.8) is 0 Å². The number of aliphatic hydroxyl groups is 1. The molecule has 0 aromatic heterocycles. The van der Waals surface area contributed by atoms with Gasteiger partial charge in [-0.3, -0.25) is 5.01 Å². The Kier molecular flexibility index (Phi) is 5.11. The summed E-state index contributed by atoms with van der Waals surface area (Å²) >= 11 is 0. The van der Waals surface area contributed by atoms with Crippen molar-refractivity contribution in [3.8, 4) is 5.75 Å². The van der Waals surface area contributed by atoms with Crippen LogP contribution in [0.4, 0.5) is 0 Å². The second-order valence-electron chi connectivity index (χ2n) is 5.24. The van der Waals surface area contributed by atoms with Gasteiger partial charge in [0.05, 0.1) is 11.8 Å². The lowest BCUT2D eigenvalue weighted by atomic mass is 10.1. The zero-order chi connectivity index (χ0) is 15.2. The first-order valence-electron chi connectivity index (χ1n) is 7.00. The Bertz CT molecular complexity index is 596. The van der Waals surface area contributed by atoms with E-state index in [1.165, 1.54) is 5.01 Å². The lowest BCUT2D eigenvalue weighted by molar-refractivity contribution is 0.0584. The molecular weight excluding hydrogens is 268 g/mol. The lowest BCUT2D eigenvalue weighted by Gasteiger charge is -2.22. The predicted octanol–water partition coefficient (Wildman–Crippen LogP) is 2.97. The van der Waals surface area contributed by atoms with E-state index in [2.05, 4.69) is 5.29 Å². The Morgan fingerprint density at radius 1 is 1.19 bits per heavy atom. The highest BCUT2D eigenvalue weighted by molar-refractivity contribution is 5.88. The van der Waals surface area contributed by atoms with Gasteiger partial charge in [-0.25, -0.2) is 0 Å². The average Bonchev–Trinajstić information content (AvgIpc) is 2.50. The number of nitroso groups, excluding NO2 is 1. The summed E-state index contributed by atoms with van der Waals surface area (Å²) in [5.41, 5.74) is 0. The summed E-state index contributed by atoms with van der Waals surface area (Å²) in [6.45, 7) is 3.97. The standard InChI is InChI=1S/C16H20N2O3/c1-12(2)18(17-20)10-14(19)11-21-16-9-5-7-13-6-3-4-8-15(13)16/h3-9,12,14,19H,10-11H2,1-2H3/t14-/m0/s1. The van der Waals surface area contributed by atoms with Crippen LogP contribution < -0.4 is 4.74 Å². The molecule has 0 aliphatic carbocycles. The molecular formula is C16H20N2O3. The van der Waals surface area contributed by atoms with Gasteiger partial charge in [0, 0.05) is 11.4 Å². The molecule has 112 valence electrons. The highest BCUT2D eigenvalue weighted by Gasteiger charge is 2.15. The van der Waals surface area contributed by atoms with Gasteiger partial charge < -0.3 is 9.84 Å². The van der Waals surface area contributed by atoms with Crippen LogP contribution in [-0.2, 0) is 0 Å². The molecule has 0 aliphatic heterocycles. The van der Waals surface area contributed by atoms with Crippen molar-refractivity contribution in [1.82, 2.24) is 5.01 Å². The van der Waals surface area contributed by atoms with Gasteiger partial charge in [0.1, 0.15) is 18.5 Å². The molecule has 1 N–H and O–H groups in total. The number of aliphatic hydroxyl groups excluding tert-OH is 1. The summed E-state index contributed by atoms with van der Waals surface area (Å²) in [5, 5.41) is 16.3. The van der Waals surface area contributed by atoms with Crippen molar-refractivity contribution in [2.75, 3.05) is 13.2 Å². The number of rotatable bonds is 7. The fraction of sp³-hybridized carbons (Fsp3) is 0.375. The van der Waals surface area contributed by atoms with Crippen LogP contribution in [0.3, 0.4) is 0 Å². The first-order chi connectivity index (χ1) is 10.1. The fourth-order valence-electron chi connectivity index (χ4n) is 2.11. The molecule has 0 radical (unpaired) electrons. The molecule has 0 aliphatic rings. The Balaban J connectivity index is 2.00. The SMILES string of the molecule is CC(C)N(C[C@H](O)COc1cccc2ccccc12)N=O. The molecule has 0 bridgehead atoms. The number of hydrogen-bond acceptors (Lipinski definition) is 4. The van der Waals surface area contributed by atoms with E-state index in [1.54, 1.807) is 0 Å². The molecule has 21 heavy (non-hydrogen) atoms. The van der Waals surface area contributed by atoms with Gasteiger partial charge in [-0.2, -0.15) is 0 Å². The van der Waals surface area contributed by atoms with Crippen LogP contribution in [0.2, 0.25) is 0 Å². The summed E-state index contributed by atoms with van der Waals surface area (Å²) in [7, 11) is 0. The normalized spacial score (nSPS) is 12.4. The molecule has 5 heteroatoms. The molecule has 0 amide bonds. The van der Waals surface area contributed by atoms with E-state index < -0.39 is 6.10 Å². The molecule has 2 rings (SSSR count). The number of hydrogen-bond donors (Lipinski definition) is 1. The molecule has 5 nitrogen and oxygen atoms in total. The van der Waals surface area contributed by atoms with E-state index in [9.17, 15) is 10.0 Å². The smallest absolute Gasteiger partial charge is 0.127 e. The second kappa shape index (κ2) is 7.04. The summed E-state index contributed by atoms with van der Waals surface area (Å²) in [6, 6.07) is 13.6. The maximum Gasteiger partial charge on any atom is 0.127 e. The van der Waals surface area contributed by atoms with Crippen LogP contribution in [0.5, 0.6) is 5.75 Å². The lowest BCUT2D eigenvalue weighted by Crippen LogP contribution is -2.36. The minimum atomic E-state index is -0.774. The van der Waals surface area contributed by atoms with E-state index >= 15 is 0 Å². The topological polar surface area (TPSA) is 62.1 Å². The van der Waals surface area contributed by atoms with E-state index in [4.69, 9.17) is 4.74 Å². The minimum absolute atomic E-state index is 0.0466. The van der Waals surface area contributed by atoms with Gasteiger partial charge in [0.15, 0.2) is 0 Å². The first-order valence-corrected chi connectivity index (χ1v) is 7.00. The average molecular weight is 288 g/mol. The van der Waals surface area contributed by atoms with Crippen LogP contribution in [0.25, 0.3) is 10.8 Å². The van der Waals surface area contributed by atoms with Gasteiger partial charge in [0.25, 0.3) is 0 Å². The molecule has 0 heterocycles. The number of ether oxygens (including phenoxy) is 1. The van der Waals surface area contributed by atoms with Crippen molar-refractivity contribution in [3.05, 3.63) is 47.4 Å². The Morgan fingerprint density at radius 3 is 2.62 bits per heavy atom. The monoisotopic (exact) mass is 288 g/mol. The van der Waals surface area contributed by atoms with E-state index in [0.717, 1.165) is 16.5 Å². The Morgan fingerprint density at radius 2 is 1.90 bits per heavy atom. The zero-order valence-electron chi connectivity index (χ0n) is 12.3. The van der Waals surface area contributed by atoms with Crippen LogP contribution in [-0.4, -0.2) is 35.4 Å². The molecule has 0 saturated heterocycles. The van der Waals surface area contributed by atoms with Crippen molar-refractivity contribution < 1.29 is 9.84 Å². The fourth-order valence-corrected chi connectivity index (χ4v) is 2.11. The Labute approximate surface area is 124 Å². The number of fused-ring (bicyclic) bond motifs is 1. The summed E-state index contributed by atoms with van der Waals surface area (Å²) in [6.07, 6.45) is -0.774. The van der Waals surface area contributed by atoms with Crippen LogP contribution in [0.15, 0.2) is 47.8 Å². The summed E-state index contributed by atoms with van der Waals surface area (Å²) in [4.78, 5) is 10.7. The van der Waals surface area contributed by atoms with Crippen LogP contribution in [0.1, 0.15) is 13.8 Å². The third-order valence-corrected chi connectivity index (χ3v) is 3.28. The quantitative estimate of drug-likeness (QED) is 0.628. The van der Waals surface area contributed by atoms with Crippen molar-refractivity contribution in [2.45, 2.75) is 26.0 Å². The van der Waals surface area contributed by atoms with Gasteiger partial charge in [-0.1, -0.05) is 36.4 Å². The molecule has 0 saturated carbocycles. The summed E-state index contributed by atoms with van der Waals surface area (Å²) in [5.74, 6) is 0.724. The molecule has 0 spiro atoms. The van der Waals surface area contributed by atoms with Gasteiger partial charge in [0.2, 0.25) is 0 Å². The third-order valence-electron chi connectivity index (χ3n) is 3.28. The van der Waals surface area contributed by atoms with Crippen LogP contribution in [0, 0.1) is 4.91 Å². The van der Waals surface area contributed by atoms with Crippen molar-refractivity contribution >= 4 is 10.8 Å². The van der Waals surface area contributed by atoms with Gasteiger partial charge in [-0.15, -0.1) is 4.91 Å². The van der Waals surface area contributed by atoms with E-state index in [-0.39, 0.29) is 19.2 Å². The molecule has 2 aromatic carbocycles. The molecule has 0 fully saturated rings. The van der Waals surface area contributed by atoms with Crippen molar-refractivity contribution in [2.24, 2.45) is 5.29 Å². The maximum atomic E-state index is 10.7. The van der Waals surface area contributed by atoms with E-state index in [1.807, 2.05) is 56.3 Å². The zero-order valence-corrected chi connectivity index (χ0v) is 12.3. The molecule has 2 aromatic rings. The largest absolute Gasteiger partial charge is 0.490 e. The molecule has 0 unspecified atom stereocenters. The Hall–Kier alpha value is -2.14. The van der Waals surface area contributed by atoms with Gasteiger partial charge in [-0.05, 0) is 25.3 Å². The second-order valence-corrected chi connectivity index (χ2v) is 5.24.